The van der Waals surface area contributed by atoms with Crippen molar-refractivity contribution in [3.05, 3.63) is 58.1 Å². The third kappa shape index (κ3) is 3.11. The van der Waals surface area contributed by atoms with Crippen molar-refractivity contribution >= 4 is 27.9 Å². The molecule has 0 saturated heterocycles. The number of nitrogens with zero attached hydrogens (tertiary/aromatic N) is 4. The van der Waals surface area contributed by atoms with Crippen molar-refractivity contribution in [2.45, 2.75) is 6.42 Å². The second kappa shape index (κ2) is 6.93. The minimum atomic E-state index is 0.675. The van der Waals surface area contributed by atoms with E-state index in [1.165, 1.54) is 11.3 Å². The van der Waals surface area contributed by atoms with Crippen LogP contribution in [0.1, 0.15) is 10.6 Å². The summed E-state index contributed by atoms with van der Waals surface area (Å²) in [5.41, 5.74) is 2.01. The van der Waals surface area contributed by atoms with E-state index in [1.807, 2.05) is 42.5 Å². The molecule has 8 heteroatoms. The van der Waals surface area contributed by atoms with Gasteiger partial charge in [0.05, 0.1) is 14.2 Å². The highest BCUT2D eigenvalue weighted by molar-refractivity contribution is 7.16. The molecule has 2 aromatic heterocycles. The topological polar surface area (TPSA) is 61.5 Å². The number of hydrogen-bond donors (Lipinski definition) is 0. The van der Waals surface area contributed by atoms with E-state index in [0.29, 0.717) is 28.8 Å². The molecule has 0 spiro atoms. The number of benzene rings is 2. The van der Waals surface area contributed by atoms with Gasteiger partial charge in [-0.25, -0.2) is 0 Å². The summed E-state index contributed by atoms with van der Waals surface area (Å²) in [6, 6.07) is 13.3. The van der Waals surface area contributed by atoms with Crippen molar-refractivity contribution in [1.29, 1.82) is 0 Å². The molecule has 0 aliphatic rings. The highest BCUT2D eigenvalue weighted by Gasteiger charge is 2.14. The van der Waals surface area contributed by atoms with E-state index in [-0.39, 0.29) is 0 Å². The average molecular weight is 387 g/mol. The van der Waals surface area contributed by atoms with Gasteiger partial charge < -0.3 is 9.47 Å². The van der Waals surface area contributed by atoms with Crippen LogP contribution in [0.5, 0.6) is 11.5 Å². The number of ether oxygens (including phenoxy) is 2. The van der Waals surface area contributed by atoms with Crippen LogP contribution in [-0.4, -0.2) is 34.0 Å². The van der Waals surface area contributed by atoms with Crippen molar-refractivity contribution in [2.75, 3.05) is 14.2 Å². The predicted molar refractivity (Wildman–Crippen MR) is 101 cm³/mol. The summed E-state index contributed by atoms with van der Waals surface area (Å²) in [6.45, 7) is 0. The van der Waals surface area contributed by atoms with Gasteiger partial charge in [0.25, 0.3) is 0 Å². The Morgan fingerprint density at radius 3 is 2.50 bits per heavy atom. The molecule has 2 heterocycles. The Bertz CT molecular complexity index is 1060. The zero-order chi connectivity index (χ0) is 18.1. The van der Waals surface area contributed by atoms with Gasteiger partial charge in [-0.05, 0) is 42.0 Å². The van der Waals surface area contributed by atoms with Crippen LogP contribution in [0.3, 0.4) is 0 Å². The lowest BCUT2D eigenvalue weighted by molar-refractivity contribution is 0.354. The molecular weight excluding hydrogens is 372 g/mol. The zero-order valence-corrected chi connectivity index (χ0v) is 15.7. The Kier molecular flexibility index (Phi) is 4.48. The molecular formula is C18H15ClN4O2S. The molecule has 0 unspecified atom stereocenters. The minimum Gasteiger partial charge on any atom is -0.493 e. The first-order valence-electron chi connectivity index (χ1n) is 7.86. The summed E-state index contributed by atoms with van der Waals surface area (Å²) in [5, 5.41) is 14.8. The maximum atomic E-state index is 5.96. The van der Waals surface area contributed by atoms with E-state index in [1.54, 1.807) is 18.7 Å². The van der Waals surface area contributed by atoms with Gasteiger partial charge >= 0.3 is 0 Å². The lowest BCUT2D eigenvalue weighted by Gasteiger charge is -2.08. The Balaban J connectivity index is 1.65. The highest BCUT2D eigenvalue weighted by atomic mass is 35.5. The fourth-order valence-corrected chi connectivity index (χ4v) is 3.67. The minimum absolute atomic E-state index is 0.675. The molecule has 6 nitrogen and oxygen atoms in total. The predicted octanol–water partition coefficient (Wildman–Crippen LogP) is 4.11. The van der Waals surface area contributed by atoms with Crippen LogP contribution in [0.4, 0.5) is 0 Å². The Labute approximate surface area is 159 Å². The number of aromatic nitrogens is 4. The maximum absolute atomic E-state index is 5.96. The smallest absolute Gasteiger partial charge is 0.234 e. The van der Waals surface area contributed by atoms with Crippen molar-refractivity contribution in [3.63, 3.8) is 0 Å². The fourth-order valence-electron chi connectivity index (χ4n) is 2.67. The molecule has 2 aromatic carbocycles. The number of rotatable bonds is 5. The highest BCUT2D eigenvalue weighted by Crippen LogP contribution is 2.29. The van der Waals surface area contributed by atoms with Gasteiger partial charge in [-0.15, -0.1) is 10.2 Å². The van der Waals surface area contributed by atoms with Crippen LogP contribution in [0, 0.1) is 0 Å². The van der Waals surface area contributed by atoms with Crippen LogP contribution in [-0.2, 0) is 6.42 Å². The molecule has 0 atom stereocenters. The molecule has 0 fully saturated rings. The summed E-state index contributed by atoms with van der Waals surface area (Å²) < 4.78 is 12.4. The zero-order valence-electron chi connectivity index (χ0n) is 14.1. The number of fused-ring (bicyclic) bond motifs is 1. The van der Waals surface area contributed by atoms with Crippen LogP contribution < -0.4 is 9.47 Å². The second-order valence-electron chi connectivity index (χ2n) is 5.59. The fraction of sp³-hybridized carbons (Fsp3) is 0.167. The third-order valence-electron chi connectivity index (χ3n) is 3.94. The van der Waals surface area contributed by atoms with Gasteiger partial charge in [0.2, 0.25) is 4.96 Å². The summed E-state index contributed by atoms with van der Waals surface area (Å²) in [6.07, 6.45) is 0.675. The largest absolute Gasteiger partial charge is 0.493 e. The average Bonchev–Trinajstić information content (AvgIpc) is 3.22. The standard InChI is InChI=1S/C18H15ClN4O2S/c1-24-14-8-3-11(9-15(14)25-2)10-16-22-23-17(20-21-18(23)26-16)12-4-6-13(19)7-5-12/h3-9H,10H2,1-2H3. The van der Waals surface area contributed by atoms with E-state index in [0.717, 1.165) is 21.1 Å². The second-order valence-corrected chi connectivity index (χ2v) is 7.06. The number of hydrogen-bond acceptors (Lipinski definition) is 6. The monoisotopic (exact) mass is 386 g/mol. The quantitative estimate of drug-likeness (QED) is 0.516. The van der Waals surface area contributed by atoms with Gasteiger partial charge in [0, 0.05) is 17.0 Å². The van der Waals surface area contributed by atoms with Gasteiger partial charge in [-0.1, -0.05) is 29.0 Å². The van der Waals surface area contributed by atoms with E-state index in [9.17, 15) is 0 Å². The molecule has 0 saturated carbocycles. The molecule has 0 amide bonds. The molecule has 0 aliphatic carbocycles. The van der Waals surface area contributed by atoms with Gasteiger partial charge in [-0.3, -0.25) is 0 Å². The first kappa shape index (κ1) is 16.8. The van der Waals surface area contributed by atoms with Crippen molar-refractivity contribution in [2.24, 2.45) is 0 Å². The van der Waals surface area contributed by atoms with Crippen LogP contribution in [0.15, 0.2) is 42.5 Å². The van der Waals surface area contributed by atoms with Crippen LogP contribution in [0.2, 0.25) is 5.02 Å². The Morgan fingerprint density at radius 1 is 1.00 bits per heavy atom. The van der Waals surface area contributed by atoms with Crippen LogP contribution >= 0.6 is 22.9 Å². The molecule has 132 valence electrons. The lowest BCUT2D eigenvalue weighted by Crippen LogP contribution is -1.95. The van der Waals surface area contributed by atoms with Gasteiger partial charge in [0.15, 0.2) is 17.3 Å². The molecule has 0 aliphatic heterocycles. The van der Waals surface area contributed by atoms with Crippen molar-refractivity contribution in [1.82, 2.24) is 19.8 Å². The molecule has 0 radical (unpaired) electrons. The van der Waals surface area contributed by atoms with Crippen molar-refractivity contribution < 1.29 is 9.47 Å². The Hall–Kier alpha value is -2.64. The number of halogens is 1. The molecule has 0 N–H and O–H groups in total. The van der Waals surface area contributed by atoms with Crippen molar-refractivity contribution in [3.8, 4) is 22.9 Å². The maximum Gasteiger partial charge on any atom is 0.234 e. The van der Waals surface area contributed by atoms with E-state index >= 15 is 0 Å². The van der Waals surface area contributed by atoms with E-state index in [2.05, 4.69) is 15.3 Å². The normalized spacial score (nSPS) is 11.0. The lowest BCUT2D eigenvalue weighted by atomic mass is 10.1. The number of methoxy groups -OCH3 is 2. The summed E-state index contributed by atoms with van der Waals surface area (Å²) >= 11 is 7.47. The van der Waals surface area contributed by atoms with Gasteiger partial charge in [0.1, 0.15) is 5.01 Å². The molecule has 4 aromatic rings. The van der Waals surface area contributed by atoms with E-state index in [4.69, 9.17) is 21.1 Å². The first-order chi connectivity index (χ1) is 12.7. The molecule has 0 bridgehead atoms. The van der Waals surface area contributed by atoms with E-state index < -0.39 is 0 Å². The first-order valence-corrected chi connectivity index (χ1v) is 9.05. The molecule has 26 heavy (non-hydrogen) atoms. The SMILES string of the molecule is COc1ccc(Cc2nn3c(-c4ccc(Cl)cc4)nnc3s2)cc1OC. The van der Waals surface area contributed by atoms with Crippen LogP contribution in [0.25, 0.3) is 16.3 Å². The molecule has 4 rings (SSSR count). The Morgan fingerprint density at radius 2 is 1.77 bits per heavy atom. The summed E-state index contributed by atoms with van der Waals surface area (Å²) in [7, 11) is 3.25. The summed E-state index contributed by atoms with van der Waals surface area (Å²) in [4.78, 5) is 0.755. The van der Waals surface area contributed by atoms with Gasteiger partial charge in [-0.2, -0.15) is 9.61 Å². The summed E-state index contributed by atoms with van der Waals surface area (Å²) in [5.74, 6) is 2.11. The third-order valence-corrected chi connectivity index (χ3v) is 5.09.